The van der Waals surface area contributed by atoms with E-state index in [2.05, 4.69) is 5.10 Å². The lowest BCUT2D eigenvalue weighted by atomic mass is 10.3. The summed E-state index contributed by atoms with van der Waals surface area (Å²) >= 11 is 0. The molecule has 2 N–H and O–H groups in total. The highest BCUT2D eigenvalue weighted by Gasteiger charge is 2.11. The maximum absolute atomic E-state index is 6.03. The van der Waals surface area contributed by atoms with Crippen LogP contribution < -0.4 is 15.2 Å². The van der Waals surface area contributed by atoms with Crippen LogP contribution in [-0.2, 0) is 6.61 Å². The van der Waals surface area contributed by atoms with Crippen molar-refractivity contribution in [2.75, 3.05) is 12.8 Å². The molecule has 0 unspecified atom stereocenters. The lowest BCUT2D eigenvalue weighted by Crippen LogP contribution is -2.08. The van der Waals surface area contributed by atoms with Crippen LogP contribution in [0, 0.1) is 0 Å². The number of para-hydroxylation sites is 2. The number of anilines is 1. The van der Waals surface area contributed by atoms with Crippen molar-refractivity contribution in [2.24, 2.45) is 0 Å². The normalized spacial score (nSPS) is 10.7. The zero-order valence-corrected chi connectivity index (χ0v) is 11.5. The molecule has 0 aliphatic heterocycles. The van der Waals surface area contributed by atoms with Gasteiger partial charge < -0.3 is 15.2 Å². The van der Waals surface area contributed by atoms with Gasteiger partial charge in [-0.1, -0.05) is 12.1 Å². The van der Waals surface area contributed by atoms with Crippen molar-refractivity contribution in [3.63, 3.8) is 0 Å². The Balaban J connectivity index is 2.10. The van der Waals surface area contributed by atoms with Crippen LogP contribution in [0.4, 0.5) is 5.82 Å². The Labute approximate surface area is 112 Å². The summed E-state index contributed by atoms with van der Waals surface area (Å²) in [6.07, 6.45) is 1.74. The van der Waals surface area contributed by atoms with Gasteiger partial charge in [-0.3, -0.25) is 0 Å². The van der Waals surface area contributed by atoms with Crippen LogP contribution in [0.15, 0.2) is 30.5 Å². The van der Waals surface area contributed by atoms with Crippen LogP contribution in [0.2, 0.25) is 0 Å². The standard InChI is InChI=1S/C14H19N3O2/c1-10(2)17-14(15)11(8-16-17)9-19-13-7-5-4-6-12(13)18-3/h4-8,10H,9,15H2,1-3H3. The van der Waals surface area contributed by atoms with Gasteiger partial charge in [0.05, 0.1) is 18.9 Å². The summed E-state index contributed by atoms with van der Waals surface area (Å²) in [5.74, 6) is 2.05. The van der Waals surface area contributed by atoms with Gasteiger partial charge in [0.25, 0.3) is 0 Å². The quantitative estimate of drug-likeness (QED) is 0.898. The second-order valence-electron chi connectivity index (χ2n) is 4.53. The van der Waals surface area contributed by atoms with Crippen molar-refractivity contribution >= 4 is 5.82 Å². The Bertz CT molecular complexity index is 549. The molecular weight excluding hydrogens is 242 g/mol. The average molecular weight is 261 g/mol. The second kappa shape index (κ2) is 5.65. The number of benzene rings is 1. The van der Waals surface area contributed by atoms with Crippen LogP contribution in [0.1, 0.15) is 25.5 Å². The van der Waals surface area contributed by atoms with E-state index in [0.717, 1.165) is 5.56 Å². The molecule has 1 aromatic heterocycles. The van der Waals surface area contributed by atoms with E-state index in [-0.39, 0.29) is 6.04 Å². The molecule has 0 bridgehead atoms. The molecule has 2 aromatic rings. The monoisotopic (exact) mass is 261 g/mol. The summed E-state index contributed by atoms with van der Waals surface area (Å²) in [5.41, 5.74) is 6.90. The Morgan fingerprint density at radius 2 is 1.95 bits per heavy atom. The molecule has 2 rings (SSSR count). The summed E-state index contributed by atoms with van der Waals surface area (Å²) < 4.78 is 12.7. The summed E-state index contributed by atoms with van der Waals surface area (Å²) in [4.78, 5) is 0. The Morgan fingerprint density at radius 1 is 1.26 bits per heavy atom. The SMILES string of the molecule is COc1ccccc1OCc1cnn(C(C)C)c1N. The van der Waals surface area contributed by atoms with E-state index < -0.39 is 0 Å². The van der Waals surface area contributed by atoms with Crippen molar-refractivity contribution in [2.45, 2.75) is 26.5 Å². The molecule has 5 heteroatoms. The average Bonchev–Trinajstić information content (AvgIpc) is 2.78. The summed E-state index contributed by atoms with van der Waals surface area (Å²) in [6, 6.07) is 7.76. The summed E-state index contributed by atoms with van der Waals surface area (Å²) in [6.45, 7) is 4.45. The maximum atomic E-state index is 6.03. The van der Waals surface area contributed by atoms with Gasteiger partial charge in [-0.25, -0.2) is 4.68 Å². The molecular formula is C14H19N3O2. The van der Waals surface area contributed by atoms with E-state index in [1.165, 1.54) is 0 Å². The van der Waals surface area contributed by atoms with Crippen LogP contribution in [0.25, 0.3) is 0 Å². The van der Waals surface area contributed by atoms with Gasteiger partial charge in [-0.2, -0.15) is 5.10 Å². The zero-order chi connectivity index (χ0) is 13.8. The van der Waals surface area contributed by atoms with E-state index in [9.17, 15) is 0 Å². The highest BCUT2D eigenvalue weighted by Crippen LogP contribution is 2.27. The number of aromatic nitrogens is 2. The van der Waals surface area contributed by atoms with Gasteiger partial charge in [-0.05, 0) is 26.0 Å². The van der Waals surface area contributed by atoms with Crippen molar-refractivity contribution in [3.05, 3.63) is 36.0 Å². The number of rotatable bonds is 5. The first kappa shape index (κ1) is 13.3. The smallest absolute Gasteiger partial charge is 0.161 e. The maximum Gasteiger partial charge on any atom is 0.161 e. The predicted octanol–water partition coefficient (Wildman–Crippen LogP) is 2.63. The molecule has 0 atom stereocenters. The van der Waals surface area contributed by atoms with Gasteiger partial charge >= 0.3 is 0 Å². The minimum absolute atomic E-state index is 0.236. The van der Waals surface area contributed by atoms with E-state index >= 15 is 0 Å². The fraction of sp³-hybridized carbons (Fsp3) is 0.357. The highest BCUT2D eigenvalue weighted by atomic mass is 16.5. The molecule has 0 aliphatic rings. The highest BCUT2D eigenvalue weighted by molar-refractivity contribution is 5.41. The number of hydrogen-bond donors (Lipinski definition) is 1. The third-order valence-corrected chi connectivity index (χ3v) is 2.86. The fourth-order valence-corrected chi connectivity index (χ4v) is 1.82. The molecule has 0 amide bonds. The Hall–Kier alpha value is -2.17. The van der Waals surface area contributed by atoms with Crippen LogP contribution in [0.3, 0.4) is 0 Å². The molecule has 5 nitrogen and oxygen atoms in total. The van der Waals surface area contributed by atoms with Crippen molar-refractivity contribution in [1.82, 2.24) is 9.78 Å². The van der Waals surface area contributed by atoms with E-state index in [0.29, 0.717) is 23.9 Å². The van der Waals surface area contributed by atoms with Gasteiger partial charge in [0.2, 0.25) is 0 Å². The van der Waals surface area contributed by atoms with Crippen molar-refractivity contribution in [3.8, 4) is 11.5 Å². The lowest BCUT2D eigenvalue weighted by Gasteiger charge is -2.11. The molecule has 0 aliphatic carbocycles. The zero-order valence-electron chi connectivity index (χ0n) is 11.5. The molecule has 19 heavy (non-hydrogen) atoms. The van der Waals surface area contributed by atoms with Crippen molar-refractivity contribution in [1.29, 1.82) is 0 Å². The molecule has 0 saturated heterocycles. The summed E-state index contributed by atoms with van der Waals surface area (Å²) in [5, 5.41) is 4.25. The number of nitrogens with zero attached hydrogens (tertiary/aromatic N) is 2. The van der Waals surface area contributed by atoms with E-state index in [1.54, 1.807) is 18.0 Å². The number of ether oxygens (including phenoxy) is 2. The molecule has 1 aromatic carbocycles. The third-order valence-electron chi connectivity index (χ3n) is 2.86. The lowest BCUT2D eigenvalue weighted by molar-refractivity contribution is 0.285. The van der Waals surface area contributed by atoms with Gasteiger partial charge in [0, 0.05) is 6.04 Å². The minimum Gasteiger partial charge on any atom is -0.493 e. The van der Waals surface area contributed by atoms with E-state index in [4.69, 9.17) is 15.2 Å². The molecule has 1 heterocycles. The first-order valence-corrected chi connectivity index (χ1v) is 6.21. The molecule has 102 valence electrons. The third kappa shape index (κ3) is 2.81. The first-order chi connectivity index (χ1) is 9.13. The van der Waals surface area contributed by atoms with Crippen molar-refractivity contribution < 1.29 is 9.47 Å². The second-order valence-corrected chi connectivity index (χ2v) is 4.53. The predicted molar refractivity (Wildman–Crippen MR) is 74.4 cm³/mol. The summed E-state index contributed by atoms with van der Waals surface area (Å²) in [7, 11) is 1.62. The molecule has 0 radical (unpaired) electrons. The van der Waals surface area contributed by atoms with Gasteiger partial charge in [0.15, 0.2) is 11.5 Å². The fourth-order valence-electron chi connectivity index (χ4n) is 1.82. The minimum atomic E-state index is 0.236. The van der Waals surface area contributed by atoms with E-state index in [1.807, 2.05) is 38.1 Å². The van der Waals surface area contributed by atoms with Gasteiger partial charge in [-0.15, -0.1) is 0 Å². The van der Waals surface area contributed by atoms with Crippen LogP contribution >= 0.6 is 0 Å². The largest absolute Gasteiger partial charge is 0.493 e. The topological polar surface area (TPSA) is 62.3 Å². The molecule has 0 fully saturated rings. The van der Waals surface area contributed by atoms with Gasteiger partial charge in [0.1, 0.15) is 12.4 Å². The molecule has 0 spiro atoms. The number of nitrogen functional groups attached to an aromatic ring is 1. The Kier molecular flexibility index (Phi) is 3.94. The number of methoxy groups -OCH3 is 1. The molecule has 0 saturated carbocycles. The number of nitrogens with two attached hydrogens (primary N) is 1. The first-order valence-electron chi connectivity index (χ1n) is 6.21. The van der Waals surface area contributed by atoms with Crippen LogP contribution in [0.5, 0.6) is 11.5 Å². The Morgan fingerprint density at radius 3 is 2.53 bits per heavy atom. The van der Waals surface area contributed by atoms with Crippen LogP contribution in [-0.4, -0.2) is 16.9 Å². The number of hydrogen-bond acceptors (Lipinski definition) is 4.